The fourth-order valence-electron chi connectivity index (χ4n) is 5.11. The summed E-state index contributed by atoms with van der Waals surface area (Å²) in [7, 11) is 0. The van der Waals surface area contributed by atoms with Crippen molar-refractivity contribution < 1.29 is 14.7 Å². The van der Waals surface area contributed by atoms with Gasteiger partial charge in [0.15, 0.2) is 0 Å². The van der Waals surface area contributed by atoms with E-state index in [2.05, 4.69) is 24.3 Å². The van der Waals surface area contributed by atoms with Crippen LogP contribution >= 0.6 is 0 Å². The van der Waals surface area contributed by atoms with Gasteiger partial charge in [0, 0.05) is 18.9 Å². The van der Waals surface area contributed by atoms with E-state index in [-0.39, 0.29) is 36.9 Å². The average molecular weight is 371 g/mol. The van der Waals surface area contributed by atoms with Crippen molar-refractivity contribution in [3.8, 4) is 0 Å². The van der Waals surface area contributed by atoms with E-state index in [9.17, 15) is 9.59 Å². The summed E-state index contributed by atoms with van der Waals surface area (Å²) in [5.41, 5.74) is 3.08. The monoisotopic (exact) mass is 370 g/mol. The molecule has 0 aromatic heterocycles. The lowest BCUT2D eigenvalue weighted by atomic mass is 9.81. The zero-order valence-corrected chi connectivity index (χ0v) is 16.5. The first-order chi connectivity index (χ1) is 13.2. The van der Waals surface area contributed by atoms with E-state index in [0.717, 1.165) is 38.0 Å². The van der Waals surface area contributed by atoms with Gasteiger partial charge in [0.05, 0.1) is 6.42 Å². The summed E-state index contributed by atoms with van der Waals surface area (Å²) < 4.78 is 0. The number of hydrogen-bond donors (Lipinski definition) is 1. The number of ketones is 2. The standard InChI is InChI=1S/C24H34O3/c25-15-14-22(26)17-24(27)21-13-11-18(16-21)10-12-20-8-4-5-9-23(20)19-6-2-1-3-7-19/h4-5,8-9,18-19,21,25H,1-3,6-7,10-17H2. The molecule has 2 saturated carbocycles. The lowest BCUT2D eigenvalue weighted by molar-refractivity contribution is -0.129. The molecule has 0 saturated heterocycles. The molecule has 27 heavy (non-hydrogen) atoms. The van der Waals surface area contributed by atoms with Gasteiger partial charge < -0.3 is 5.11 Å². The number of carbonyl (C=O) groups excluding carboxylic acids is 2. The zero-order valence-electron chi connectivity index (χ0n) is 16.5. The number of Topliss-reactive ketones (excluding diaryl/α,β-unsaturated/α-hetero) is 2. The molecule has 0 amide bonds. The second-order valence-electron chi connectivity index (χ2n) is 8.60. The summed E-state index contributed by atoms with van der Waals surface area (Å²) in [6.07, 6.45) is 12.1. The Bertz CT molecular complexity index is 630. The Balaban J connectivity index is 1.50. The first-order valence-electron chi connectivity index (χ1n) is 10.9. The molecule has 3 rings (SSSR count). The van der Waals surface area contributed by atoms with E-state index in [4.69, 9.17) is 5.11 Å². The third kappa shape index (κ3) is 5.75. The summed E-state index contributed by atoms with van der Waals surface area (Å²) >= 11 is 0. The van der Waals surface area contributed by atoms with Crippen molar-refractivity contribution >= 4 is 11.6 Å². The quantitative estimate of drug-likeness (QED) is 0.623. The summed E-state index contributed by atoms with van der Waals surface area (Å²) in [6.45, 7) is -0.153. The molecule has 1 N–H and O–H groups in total. The zero-order chi connectivity index (χ0) is 19.1. The summed E-state index contributed by atoms with van der Waals surface area (Å²) in [4.78, 5) is 23.9. The van der Waals surface area contributed by atoms with Crippen LogP contribution in [0.25, 0.3) is 0 Å². The van der Waals surface area contributed by atoms with Gasteiger partial charge in [0.25, 0.3) is 0 Å². The van der Waals surface area contributed by atoms with E-state index in [1.54, 1.807) is 5.56 Å². The van der Waals surface area contributed by atoms with Crippen LogP contribution in [0.5, 0.6) is 0 Å². The molecule has 2 fully saturated rings. The first kappa shape index (κ1) is 20.3. The Kier molecular flexibility index (Phi) is 7.63. The lowest BCUT2D eigenvalue weighted by Gasteiger charge is -2.24. The summed E-state index contributed by atoms with van der Waals surface area (Å²) in [5, 5.41) is 8.82. The van der Waals surface area contributed by atoms with E-state index in [1.165, 1.54) is 37.7 Å². The van der Waals surface area contributed by atoms with E-state index in [0.29, 0.717) is 5.92 Å². The van der Waals surface area contributed by atoms with Crippen LogP contribution in [-0.2, 0) is 16.0 Å². The topological polar surface area (TPSA) is 54.4 Å². The number of aliphatic hydroxyl groups is 1. The number of carbonyl (C=O) groups is 2. The minimum absolute atomic E-state index is 0.0163. The molecule has 1 aromatic rings. The minimum Gasteiger partial charge on any atom is -0.396 e. The van der Waals surface area contributed by atoms with Gasteiger partial charge in [-0.2, -0.15) is 0 Å². The van der Waals surface area contributed by atoms with Crippen molar-refractivity contribution in [1.29, 1.82) is 0 Å². The molecule has 2 atom stereocenters. The number of benzene rings is 1. The van der Waals surface area contributed by atoms with Crippen LogP contribution in [0.1, 0.15) is 87.7 Å². The predicted octanol–water partition coefficient (Wildman–Crippen LogP) is 4.99. The van der Waals surface area contributed by atoms with E-state index in [1.807, 2.05) is 0 Å². The van der Waals surface area contributed by atoms with Crippen molar-refractivity contribution in [2.75, 3.05) is 6.61 Å². The molecule has 1 aromatic carbocycles. The van der Waals surface area contributed by atoms with E-state index >= 15 is 0 Å². The van der Waals surface area contributed by atoms with Gasteiger partial charge in [0.1, 0.15) is 11.6 Å². The predicted molar refractivity (Wildman–Crippen MR) is 108 cm³/mol. The molecular formula is C24H34O3. The number of aliphatic hydroxyl groups excluding tert-OH is 1. The molecule has 0 radical (unpaired) electrons. The van der Waals surface area contributed by atoms with Crippen molar-refractivity contribution in [2.24, 2.45) is 11.8 Å². The Morgan fingerprint density at radius 3 is 2.56 bits per heavy atom. The normalized spacial score (nSPS) is 23.4. The van der Waals surface area contributed by atoms with Gasteiger partial charge in [-0.15, -0.1) is 0 Å². The molecule has 0 aliphatic heterocycles. The second kappa shape index (κ2) is 10.2. The minimum atomic E-state index is -0.153. The molecular weight excluding hydrogens is 336 g/mol. The van der Waals surface area contributed by atoms with Gasteiger partial charge in [-0.3, -0.25) is 9.59 Å². The molecule has 3 nitrogen and oxygen atoms in total. The largest absolute Gasteiger partial charge is 0.396 e. The Hall–Kier alpha value is -1.48. The van der Waals surface area contributed by atoms with Gasteiger partial charge in [-0.05, 0) is 67.9 Å². The van der Waals surface area contributed by atoms with Crippen molar-refractivity contribution in [3.63, 3.8) is 0 Å². The van der Waals surface area contributed by atoms with Crippen molar-refractivity contribution in [2.45, 2.75) is 83.0 Å². The van der Waals surface area contributed by atoms with Crippen molar-refractivity contribution in [3.05, 3.63) is 35.4 Å². The second-order valence-corrected chi connectivity index (χ2v) is 8.60. The van der Waals surface area contributed by atoms with Crippen LogP contribution in [0.2, 0.25) is 0 Å². The molecule has 0 heterocycles. The molecule has 2 aliphatic rings. The maximum Gasteiger partial charge on any atom is 0.143 e. The molecule has 2 aliphatic carbocycles. The highest BCUT2D eigenvalue weighted by Crippen LogP contribution is 2.38. The van der Waals surface area contributed by atoms with Crippen molar-refractivity contribution in [1.82, 2.24) is 0 Å². The lowest BCUT2D eigenvalue weighted by Crippen LogP contribution is -2.16. The number of aryl methyl sites for hydroxylation is 1. The maximum atomic E-state index is 12.3. The van der Waals surface area contributed by atoms with Crippen LogP contribution in [0.3, 0.4) is 0 Å². The third-order valence-corrected chi connectivity index (χ3v) is 6.68. The Morgan fingerprint density at radius 1 is 1.00 bits per heavy atom. The van der Waals surface area contributed by atoms with Crippen LogP contribution < -0.4 is 0 Å². The number of rotatable bonds is 9. The van der Waals surface area contributed by atoms with Crippen LogP contribution in [0.15, 0.2) is 24.3 Å². The molecule has 2 unspecified atom stereocenters. The fourth-order valence-corrected chi connectivity index (χ4v) is 5.11. The smallest absolute Gasteiger partial charge is 0.143 e. The highest BCUT2D eigenvalue weighted by Gasteiger charge is 2.30. The average Bonchev–Trinajstić information content (AvgIpc) is 3.17. The SMILES string of the molecule is O=C(CCO)CC(=O)C1CCC(CCc2ccccc2C2CCCCC2)C1. The summed E-state index contributed by atoms with van der Waals surface area (Å²) in [6, 6.07) is 8.98. The summed E-state index contributed by atoms with van der Waals surface area (Å²) in [5.74, 6) is 1.38. The van der Waals surface area contributed by atoms with Crippen LogP contribution in [0.4, 0.5) is 0 Å². The highest BCUT2D eigenvalue weighted by molar-refractivity contribution is 6.00. The fraction of sp³-hybridized carbons (Fsp3) is 0.667. The molecule has 0 bridgehead atoms. The highest BCUT2D eigenvalue weighted by atomic mass is 16.3. The van der Waals surface area contributed by atoms with Crippen LogP contribution in [-0.4, -0.2) is 23.3 Å². The maximum absolute atomic E-state index is 12.3. The van der Waals surface area contributed by atoms with E-state index < -0.39 is 0 Å². The van der Waals surface area contributed by atoms with Gasteiger partial charge in [-0.1, -0.05) is 43.5 Å². The van der Waals surface area contributed by atoms with Gasteiger partial charge >= 0.3 is 0 Å². The van der Waals surface area contributed by atoms with Gasteiger partial charge in [0.2, 0.25) is 0 Å². The molecule has 3 heteroatoms. The van der Waals surface area contributed by atoms with Gasteiger partial charge in [-0.25, -0.2) is 0 Å². The third-order valence-electron chi connectivity index (χ3n) is 6.68. The Morgan fingerprint density at radius 2 is 1.78 bits per heavy atom. The molecule has 0 spiro atoms. The number of hydrogen-bond acceptors (Lipinski definition) is 3. The van der Waals surface area contributed by atoms with Crippen LogP contribution in [0, 0.1) is 11.8 Å². The molecule has 148 valence electrons. The Labute approximate surface area is 163 Å². The first-order valence-corrected chi connectivity index (χ1v) is 10.9.